The second-order valence-electron chi connectivity index (χ2n) is 5.43. The van der Waals surface area contributed by atoms with E-state index in [9.17, 15) is 4.79 Å². The van der Waals surface area contributed by atoms with E-state index in [1.807, 2.05) is 12.1 Å². The van der Waals surface area contributed by atoms with Gasteiger partial charge in [0.25, 0.3) is 0 Å². The highest BCUT2D eigenvalue weighted by Gasteiger charge is 2.40. The number of carbonyl (C=O) groups excluding carboxylic acids is 1. The molecule has 0 aliphatic carbocycles. The van der Waals surface area contributed by atoms with Crippen LogP contribution in [0.5, 0.6) is 0 Å². The smallest absolute Gasteiger partial charge is 0.329 e. The maximum Gasteiger partial charge on any atom is 0.329 e. The molecule has 1 N–H and O–H groups in total. The van der Waals surface area contributed by atoms with Crippen molar-refractivity contribution in [3.63, 3.8) is 0 Å². The first kappa shape index (κ1) is 13.5. The van der Waals surface area contributed by atoms with Crippen molar-refractivity contribution in [3.8, 4) is 6.07 Å². The number of nitriles is 1. The first-order chi connectivity index (χ1) is 11.3. The molecule has 2 amide bonds. The van der Waals surface area contributed by atoms with Gasteiger partial charge in [0.2, 0.25) is 0 Å². The molecule has 1 atom stereocenters. The van der Waals surface area contributed by atoms with Crippen molar-refractivity contribution in [2.24, 2.45) is 0 Å². The van der Waals surface area contributed by atoms with E-state index in [1.165, 1.54) is 12.4 Å². The van der Waals surface area contributed by atoms with E-state index in [-0.39, 0.29) is 12.1 Å². The third-order valence-electron chi connectivity index (χ3n) is 4.08. The first-order valence-electron chi connectivity index (χ1n) is 7.28. The molecule has 4 heterocycles. The summed E-state index contributed by atoms with van der Waals surface area (Å²) in [5, 5.41) is 11.8. The number of fused-ring (bicyclic) bond motifs is 4. The van der Waals surface area contributed by atoms with Gasteiger partial charge < -0.3 is 4.90 Å². The van der Waals surface area contributed by atoms with Crippen molar-refractivity contribution in [1.29, 1.82) is 5.26 Å². The lowest BCUT2D eigenvalue weighted by Crippen LogP contribution is -2.48. The van der Waals surface area contributed by atoms with Crippen LogP contribution in [0, 0.1) is 11.3 Å². The van der Waals surface area contributed by atoms with E-state index < -0.39 is 0 Å². The molecule has 0 unspecified atom stereocenters. The highest BCUT2D eigenvalue weighted by atomic mass is 16.2. The van der Waals surface area contributed by atoms with E-state index in [0.717, 1.165) is 25.2 Å². The fourth-order valence-electron chi connectivity index (χ4n) is 3.07. The fourth-order valence-corrected chi connectivity index (χ4v) is 3.07. The summed E-state index contributed by atoms with van der Waals surface area (Å²) in [5.74, 6) is 0.912. The lowest BCUT2D eigenvalue weighted by Gasteiger charge is -2.35. The minimum atomic E-state index is -0.305. The van der Waals surface area contributed by atoms with Crippen LogP contribution in [-0.2, 0) is 0 Å². The molecule has 1 saturated heterocycles. The minimum Gasteiger partial charge on any atom is -0.366 e. The summed E-state index contributed by atoms with van der Waals surface area (Å²) in [6.45, 7) is 1.65. The van der Waals surface area contributed by atoms with Gasteiger partial charge in [-0.05, 0) is 18.6 Å². The van der Waals surface area contributed by atoms with Gasteiger partial charge in [0.15, 0.2) is 11.6 Å². The highest BCUT2D eigenvalue weighted by Crippen LogP contribution is 2.38. The molecule has 2 aromatic heterocycles. The Morgan fingerprint density at radius 2 is 2.30 bits per heavy atom. The number of hydrogen-bond acceptors (Lipinski definition) is 6. The van der Waals surface area contributed by atoms with Crippen LogP contribution in [-0.4, -0.2) is 40.1 Å². The van der Waals surface area contributed by atoms with Crippen LogP contribution in [0.3, 0.4) is 0 Å². The van der Waals surface area contributed by atoms with Crippen molar-refractivity contribution in [3.05, 3.63) is 36.4 Å². The van der Waals surface area contributed by atoms with Crippen molar-refractivity contribution in [1.82, 2.24) is 15.0 Å². The van der Waals surface area contributed by atoms with Crippen LogP contribution >= 0.6 is 0 Å². The van der Waals surface area contributed by atoms with Gasteiger partial charge in [-0.25, -0.2) is 14.8 Å². The Bertz CT molecular complexity index is 801. The monoisotopic (exact) mass is 307 g/mol. The highest BCUT2D eigenvalue weighted by molar-refractivity contribution is 6.04. The number of carbonyl (C=O) groups is 1. The SMILES string of the molecule is N#Cc1ccc2c(n1)N(C(=O)Nc1cnccn1)[C@H]1CCN2C1. The molecule has 0 radical (unpaired) electrons. The molecule has 8 nitrogen and oxygen atoms in total. The van der Waals surface area contributed by atoms with Gasteiger partial charge in [0, 0.05) is 25.5 Å². The standard InChI is InChI=1S/C15H13N7O/c16-7-10-1-2-12-14(19-10)22(11-3-6-21(12)9-11)15(23)20-13-8-17-4-5-18-13/h1-2,4-5,8,11H,3,6,9H2,(H,18,20,23)/t11-/m0/s1. The number of nitrogens with zero attached hydrogens (tertiary/aromatic N) is 6. The number of amides is 2. The van der Waals surface area contributed by atoms with Crippen LogP contribution in [0.1, 0.15) is 12.1 Å². The molecule has 0 saturated carbocycles. The Labute approximate surface area is 132 Å². The van der Waals surface area contributed by atoms with E-state index in [4.69, 9.17) is 5.26 Å². The number of nitrogens with one attached hydrogen (secondary N) is 1. The molecule has 2 bridgehead atoms. The Morgan fingerprint density at radius 1 is 1.39 bits per heavy atom. The van der Waals surface area contributed by atoms with Crippen molar-refractivity contribution in [2.75, 3.05) is 28.2 Å². The number of rotatable bonds is 1. The van der Waals surface area contributed by atoms with E-state index in [1.54, 1.807) is 17.2 Å². The number of anilines is 3. The van der Waals surface area contributed by atoms with Gasteiger partial charge in [-0.3, -0.25) is 15.2 Å². The normalized spacial score (nSPS) is 18.3. The number of hydrogen-bond donors (Lipinski definition) is 1. The van der Waals surface area contributed by atoms with Gasteiger partial charge in [-0.15, -0.1) is 0 Å². The molecule has 4 rings (SSSR count). The zero-order chi connectivity index (χ0) is 15.8. The predicted molar refractivity (Wildman–Crippen MR) is 83.1 cm³/mol. The number of urea groups is 1. The predicted octanol–water partition coefficient (Wildman–Crippen LogP) is 1.37. The summed E-state index contributed by atoms with van der Waals surface area (Å²) >= 11 is 0. The zero-order valence-electron chi connectivity index (χ0n) is 12.2. The molecule has 23 heavy (non-hydrogen) atoms. The Balaban J connectivity index is 1.71. The largest absolute Gasteiger partial charge is 0.366 e. The summed E-state index contributed by atoms with van der Waals surface area (Å²) in [6.07, 6.45) is 5.42. The van der Waals surface area contributed by atoms with E-state index >= 15 is 0 Å². The maximum absolute atomic E-state index is 12.7. The second kappa shape index (κ2) is 5.21. The summed E-state index contributed by atoms with van der Waals surface area (Å²) < 4.78 is 0. The summed E-state index contributed by atoms with van der Waals surface area (Å²) in [6, 6.07) is 5.29. The second-order valence-corrected chi connectivity index (χ2v) is 5.43. The van der Waals surface area contributed by atoms with Crippen LogP contribution in [0.2, 0.25) is 0 Å². The average molecular weight is 307 g/mol. The lowest BCUT2D eigenvalue weighted by molar-refractivity contribution is 0.254. The number of aromatic nitrogens is 3. The van der Waals surface area contributed by atoms with Gasteiger partial charge in [-0.1, -0.05) is 0 Å². The minimum absolute atomic E-state index is 0.0422. The van der Waals surface area contributed by atoms with Gasteiger partial charge in [0.05, 0.1) is 17.9 Å². The van der Waals surface area contributed by atoms with Crippen molar-refractivity contribution >= 4 is 23.4 Å². The topological polar surface area (TPSA) is 98.0 Å². The molecule has 1 fully saturated rings. The van der Waals surface area contributed by atoms with Crippen molar-refractivity contribution in [2.45, 2.75) is 12.5 Å². The van der Waals surface area contributed by atoms with Crippen LogP contribution in [0.15, 0.2) is 30.7 Å². The molecule has 2 aromatic rings. The molecule has 2 aliphatic heterocycles. The molecule has 2 aliphatic rings. The molecular weight excluding hydrogens is 294 g/mol. The summed E-state index contributed by atoms with van der Waals surface area (Å²) in [4.78, 5) is 28.9. The average Bonchev–Trinajstić information content (AvgIpc) is 3.00. The fraction of sp³-hybridized carbons (Fsp3) is 0.267. The zero-order valence-corrected chi connectivity index (χ0v) is 12.2. The van der Waals surface area contributed by atoms with Gasteiger partial charge >= 0.3 is 6.03 Å². The van der Waals surface area contributed by atoms with Gasteiger partial charge in [-0.2, -0.15) is 5.26 Å². The molecular formula is C15H13N7O. The third-order valence-corrected chi connectivity index (χ3v) is 4.08. The molecule has 8 heteroatoms. The summed E-state index contributed by atoms with van der Waals surface area (Å²) in [5.41, 5.74) is 1.18. The Morgan fingerprint density at radius 3 is 3.09 bits per heavy atom. The summed E-state index contributed by atoms with van der Waals surface area (Å²) in [7, 11) is 0. The lowest BCUT2D eigenvalue weighted by atomic mass is 10.2. The number of pyridine rings is 1. The van der Waals surface area contributed by atoms with E-state index in [2.05, 4.69) is 25.2 Å². The Hall–Kier alpha value is -3.21. The Kier molecular flexibility index (Phi) is 3.05. The van der Waals surface area contributed by atoms with Gasteiger partial charge in [0.1, 0.15) is 11.8 Å². The molecule has 0 aromatic carbocycles. The van der Waals surface area contributed by atoms with Crippen LogP contribution in [0.25, 0.3) is 0 Å². The maximum atomic E-state index is 12.7. The van der Waals surface area contributed by atoms with E-state index in [0.29, 0.717) is 17.3 Å². The molecule has 0 spiro atoms. The van der Waals surface area contributed by atoms with Crippen LogP contribution < -0.4 is 15.1 Å². The quantitative estimate of drug-likeness (QED) is 0.854. The first-order valence-corrected chi connectivity index (χ1v) is 7.28. The van der Waals surface area contributed by atoms with Crippen LogP contribution in [0.4, 0.5) is 22.1 Å². The molecule has 114 valence electrons. The van der Waals surface area contributed by atoms with Crippen molar-refractivity contribution < 1.29 is 4.79 Å². The third kappa shape index (κ3) is 2.23.